The molecule has 1 rings (SSSR count). The van der Waals surface area contributed by atoms with Crippen molar-refractivity contribution < 1.29 is 27.5 Å². The van der Waals surface area contributed by atoms with Gasteiger partial charge in [-0.25, -0.2) is 13.2 Å². The number of urea groups is 1. The molecular weight excluding hydrogens is 386 g/mol. The van der Waals surface area contributed by atoms with Gasteiger partial charge in [0.2, 0.25) is 10.0 Å². The van der Waals surface area contributed by atoms with E-state index in [9.17, 15) is 22.8 Å². The molecule has 144 valence electrons. The van der Waals surface area contributed by atoms with Crippen LogP contribution >= 0.6 is 11.6 Å². The Labute approximate surface area is 156 Å². The van der Waals surface area contributed by atoms with Gasteiger partial charge in [0.15, 0.2) is 6.10 Å². The van der Waals surface area contributed by atoms with Crippen molar-refractivity contribution in [1.29, 1.82) is 0 Å². The van der Waals surface area contributed by atoms with Gasteiger partial charge in [-0.05, 0) is 31.0 Å². The highest BCUT2D eigenvalue weighted by molar-refractivity contribution is 7.89. The Morgan fingerprint density at radius 3 is 2.31 bits per heavy atom. The number of rotatable bonds is 7. The maximum Gasteiger partial charge on any atom is 0.325 e. The number of primary amides is 1. The van der Waals surface area contributed by atoms with Crippen LogP contribution in [0.5, 0.6) is 0 Å². The second-order valence-corrected chi connectivity index (χ2v) is 7.88. The minimum atomic E-state index is -4.06. The van der Waals surface area contributed by atoms with Gasteiger partial charge < -0.3 is 10.5 Å². The molecule has 0 saturated heterocycles. The number of imide groups is 1. The SMILES string of the molecule is CC(C)[C@H](NS(=O)(=O)c1cccc(Cl)c1)C(=O)O[C@@H](C)C(=O)NC(N)=O. The van der Waals surface area contributed by atoms with Crippen LogP contribution in [0.1, 0.15) is 20.8 Å². The molecule has 2 atom stereocenters. The summed E-state index contributed by atoms with van der Waals surface area (Å²) in [7, 11) is -4.06. The summed E-state index contributed by atoms with van der Waals surface area (Å²) >= 11 is 5.79. The fourth-order valence-electron chi connectivity index (χ4n) is 1.85. The summed E-state index contributed by atoms with van der Waals surface area (Å²) in [6.45, 7) is 4.42. The van der Waals surface area contributed by atoms with Crippen molar-refractivity contribution in [1.82, 2.24) is 10.0 Å². The number of carbonyl (C=O) groups excluding carboxylic acids is 3. The standard InChI is InChI=1S/C15H20ClN3O6S/c1-8(2)12(14(21)25-9(3)13(20)18-15(17)22)19-26(23,24)11-6-4-5-10(16)7-11/h4-9,12,19H,1-3H3,(H3,17,18,20,22)/t9-,12-/m0/s1. The summed E-state index contributed by atoms with van der Waals surface area (Å²) in [5.41, 5.74) is 4.82. The minimum absolute atomic E-state index is 0.122. The number of benzene rings is 1. The van der Waals surface area contributed by atoms with Crippen molar-refractivity contribution in [3.05, 3.63) is 29.3 Å². The zero-order chi connectivity index (χ0) is 20.1. The topological polar surface area (TPSA) is 145 Å². The number of nitrogens with two attached hydrogens (primary N) is 1. The van der Waals surface area contributed by atoms with Crippen LogP contribution in [0.2, 0.25) is 5.02 Å². The first kappa shape index (κ1) is 21.9. The average molecular weight is 406 g/mol. The third-order valence-electron chi connectivity index (χ3n) is 3.22. The zero-order valence-electron chi connectivity index (χ0n) is 14.4. The normalized spacial score (nSPS) is 13.7. The van der Waals surface area contributed by atoms with E-state index in [2.05, 4.69) is 4.72 Å². The molecule has 11 heteroatoms. The maximum atomic E-state index is 12.5. The van der Waals surface area contributed by atoms with Gasteiger partial charge in [-0.2, -0.15) is 4.72 Å². The largest absolute Gasteiger partial charge is 0.451 e. The van der Waals surface area contributed by atoms with Crippen LogP contribution in [0.15, 0.2) is 29.2 Å². The Kier molecular flexibility index (Phi) is 7.54. The molecule has 9 nitrogen and oxygen atoms in total. The fourth-order valence-corrected chi connectivity index (χ4v) is 3.48. The minimum Gasteiger partial charge on any atom is -0.451 e. The number of carbonyl (C=O) groups is 3. The van der Waals surface area contributed by atoms with Gasteiger partial charge in [0.25, 0.3) is 5.91 Å². The van der Waals surface area contributed by atoms with Crippen molar-refractivity contribution in [3.63, 3.8) is 0 Å². The van der Waals surface area contributed by atoms with Crippen LogP contribution in [0.25, 0.3) is 0 Å². The van der Waals surface area contributed by atoms with Crippen molar-refractivity contribution >= 4 is 39.5 Å². The van der Waals surface area contributed by atoms with E-state index in [-0.39, 0.29) is 9.92 Å². The Bertz CT molecular complexity index is 796. The molecule has 1 aromatic rings. The molecule has 3 amide bonds. The number of hydrogen-bond donors (Lipinski definition) is 3. The average Bonchev–Trinajstić information content (AvgIpc) is 2.51. The van der Waals surface area contributed by atoms with E-state index < -0.39 is 46.0 Å². The molecule has 0 radical (unpaired) electrons. The maximum absolute atomic E-state index is 12.5. The number of ether oxygens (including phenoxy) is 1. The molecule has 0 heterocycles. The van der Waals surface area contributed by atoms with Crippen molar-refractivity contribution in [2.45, 2.75) is 37.8 Å². The molecule has 0 aliphatic carbocycles. The van der Waals surface area contributed by atoms with Gasteiger partial charge in [-0.3, -0.25) is 14.9 Å². The second-order valence-electron chi connectivity index (χ2n) is 5.73. The van der Waals surface area contributed by atoms with Crippen LogP contribution < -0.4 is 15.8 Å². The van der Waals surface area contributed by atoms with Gasteiger partial charge in [0, 0.05) is 5.02 Å². The van der Waals surface area contributed by atoms with Gasteiger partial charge in [0.1, 0.15) is 6.04 Å². The molecule has 0 bridgehead atoms. The van der Waals surface area contributed by atoms with Crippen LogP contribution in [-0.2, 0) is 24.3 Å². The molecule has 0 unspecified atom stereocenters. The number of nitrogens with one attached hydrogen (secondary N) is 2. The molecule has 0 saturated carbocycles. The molecular formula is C15H20ClN3O6S. The second kappa shape index (κ2) is 8.97. The van der Waals surface area contributed by atoms with Crippen molar-refractivity contribution in [2.24, 2.45) is 11.7 Å². The Balaban J connectivity index is 2.93. The lowest BCUT2D eigenvalue weighted by Crippen LogP contribution is -2.48. The zero-order valence-corrected chi connectivity index (χ0v) is 15.9. The lowest BCUT2D eigenvalue weighted by Gasteiger charge is -2.22. The lowest BCUT2D eigenvalue weighted by atomic mass is 10.1. The predicted octanol–water partition coefficient (Wildman–Crippen LogP) is 0.770. The molecule has 0 aliphatic rings. The van der Waals surface area contributed by atoms with E-state index in [1.807, 2.05) is 0 Å². The fraction of sp³-hybridized carbons (Fsp3) is 0.400. The van der Waals surface area contributed by atoms with E-state index in [0.29, 0.717) is 0 Å². The lowest BCUT2D eigenvalue weighted by molar-refractivity contribution is -0.157. The third kappa shape index (κ3) is 6.28. The van der Waals surface area contributed by atoms with Crippen LogP contribution in [0.4, 0.5) is 4.79 Å². The summed E-state index contributed by atoms with van der Waals surface area (Å²) in [6, 6.07) is 3.15. The number of sulfonamides is 1. The first-order valence-electron chi connectivity index (χ1n) is 7.52. The van der Waals surface area contributed by atoms with E-state index in [1.54, 1.807) is 19.2 Å². The summed E-state index contributed by atoms with van der Waals surface area (Å²) in [5.74, 6) is -2.38. The Morgan fingerprint density at radius 2 is 1.81 bits per heavy atom. The molecule has 1 aromatic carbocycles. The van der Waals surface area contributed by atoms with Gasteiger partial charge in [0.05, 0.1) is 4.90 Å². The van der Waals surface area contributed by atoms with Gasteiger partial charge in [-0.15, -0.1) is 0 Å². The number of halogens is 1. The smallest absolute Gasteiger partial charge is 0.325 e. The summed E-state index contributed by atoms with van der Waals surface area (Å²) < 4.78 is 32.1. The van der Waals surface area contributed by atoms with Crippen molar-refractivity contribution in [3.8, 4) is 0 Å². The summed E-state index contributed by atoms with van der Waals surface area (Å²) in [4.78, 5) is 34.4. The van der Waals surface area contributed by atoms with E-state index in [1.165, 1.54) is 31.2 Å². The van der Waals surface area contributed by atoms with Gasteiger partial charge >= 0.3 is 12.0 Å². The van der Waals surface area contributed by atoms with E-state index in [0.717, 1.165) is 0 Å². The highest BCUT2D eigenvalue weighted by atomic mass is 35.5. The van der Waals surface area contributed by atoms with Gasteiger partial charge in [-0.1, -0.05) is 31.5 Å². The molecule has 26 heavy (non-hydrogen) atoms. The predicted molar refractivity (Wildman–Crippen MR) is 93.7 cm³/mol. The molecule has 0 aromatic heterocycles. The highest BCUT2D eigenvalue weighted by Crippen LogP contribution is 2.17. The van der Waals surface area contributed by atoms with Crippen LogP contribution in [0.3, 0.4) is 0 Å². The summed E-state index contributed by atoms with van der Waals surface area (Å²) in [5, 5.41) is 1.98. The Hall–Kier alpha value is -2.17. The quantitative estimate of drug-likeness (QED) is 0.571. The number of hydrogen-bond acceptors (Lipinski definition) is 6. The molecule has 0 aliphatic heterocycles. The van der Waals surface area contributed by atoms with Crippen LogP contribution in [0, 0.1) is 5.92 Å². The van der Waals surface area contributed by atoms with E-state index in [4.69, 9.17) is 22.1 Å². The molecule has 0 fully saturated rings. The molecule has 0 spiro atoms. The van der Waals surface area contributed by atoms with Crippen molar-refractivity contribution in [2.75, 3.05) is 0 Å². The number of esters is 1. The monoisotopic (exact) mass is 405 g/mol. The first-order chi connectivity index (χ1) is 11.9. The Morgan fingerprint density at radius 1 is 1.19 bits per heavy atom. The van der Waals surface area contributed by atoms with Crippen LogP contribution in [-0.4, -0.2) is 38.5 Å². The molecule has 4 N–H and O–H groups in total. The third-order valence-corrected chi connectivity index (χ3v) is 4.89. The number of amides is 3. The van der Waals surface area contributed by atoms with E-state index >= 15 is 0 Å². The highest BCUT2D eigenvalue weighted by Gasteiger charge is 2.32. The summed E-state index contributed by atoms with van der Waals surface area (Å²) in [6.07, 6.45) is -1.34. The first-order valence-corrected chi connectivity index (χ1v) is 9.39.